The van der Waals surface area contributed by atoms with Gasteiger partial charge in [0.2, 0.25) is 0 Å². The summed E-state index contributed by atoms with van der Waals surface area (Å²) in [5.74, 6) is 5.91. The number of nitrogens with one attached hydrogen (secondary N) is 1. The molecule has 82 valence electrons. The summed E-state index contributed by atoms with van der Waals surface area (Å²) >= 11 is 0. The first-order valence-corrected chi connectivity index (χ1v) is 5.40. The first kappa shape index (κ1) is 11.8. The summed E-state index contributed by atoms with van der Waals surface area (Å²) in [6.07, 6.45) is 1.91. The smallest absolute Gasteiger partial charge is 0.0625 e. The Hall–Kier alpha value is -1.27. The molecule has 0 aromatic carbocycles. The standard InChI is InChI=1S/C12H19N3/c1-4-6-7-8-13-10-12-9-11(5-2)14-15(12)3/h9,13H,5,7-8,10H2,1-3H3. The van der Waals surface area contributed by atoms with Crippen LogP contribution in [0.2, 0.25) is 0 Å². The van der Waals surface area contributed by atoms with Crippen molar-refractivity contribution in [2.45, 2.75) is 33.2 Å². The number of aryl methyl sites for hydroxylation is 2. The molecule has 0 saturated heterocycles. The Kier molecular flexibility index (Phi) is 4.92. The minimum absolute atomic E-state index is 0.870. The zero-order chi connectivity index (χ0) is 11.1. The van der Waals surface area contributed by atoms with Crippen LogP contribution in [0.1, 0.15) is 31.7 Å². The Morgan fingerprint density at radius 3 is 2.93 bits per heavy atom. The number of nitrogens with zero attached hydrogens (tertiary/aromatic N) is 2. The van der Waals surface area contributed by atoms with Crippen molar-refractivity contribution in [1.82, 2.24) is 15.1 Å². The molecule has 3 nitrogen and oxygen atoms in total. The maximum Gasteiger partial charge on any atom is 0.0625 e. The monoisotopic (exact) mass is 205 g/mol. The van der Waals surface area contributed by atoms with Crippen molar-refractivity contribution in [3.63, 3.8) is 0 Å². The molecule has 0 atom stereocenters. The Bertz CT molecular complexity index is 355. The predicted molar refractivity (Wildman–Crippen MR) is 62.4 cm³/mol. The van der Waals surface area contributed by atoms with Crippen LogP contribution in [0.4, 0.5) is 0 Å². The lowest BCUT2D eigenvalue weighted by Gasteiger charge is -2.02. The lowest BCUT2D eigenvalue weighted by atomic mass is 10.3. The summed E-state index contributed by atoms with van der Waals surface area (Å²) < 4.78 is 1.94. The zero-order valence-corrected chi connectivity index (χ0v) is 9.80. The zero-order valence-electron chi connectivity index (χ0n) is 9.80. The molecule has 0 bridgehead atoms. The second-order valence-electron chi connectivity index (χ2n) is 3.46. The van der Waals surface area contributed by atoms with E-state index in [-0.39, 0.29) is 0 Å². The largest absolute Gasteiger partial charge is 0.310 e. The molecule has 1 rings (SSSR count). The Morgan fingerprint density at radius 1 is 1.53 bits per heavy atom. The summed E-state index contributed by atoms with van der Waals surface area (Å²) in [4.78, 5) is 0. The van der Waals surface area contributed by atoms with Crippen LogP contribution in [0, 0.1) is 11.8 Å². The van der Waals surface area contributed by atoms with E-state index in [1.807, 2.05) is 18.7 Å². The molecule has 0 saturated carbocycles. The van der Waals surface area contributed by atoms with Gasteiger partial charge in [0.1, 0.15) is 0 Å². The van der Waals surface area contributed by atoms with Crippen molar-refractivity contribution in [2.75, 3.05) is 6.54 Å². The lowest BCUT2D eigenvalue weighted by Crippen LogP contribution is -2.16. The van der Waals surface area contributed by atoms with Crippen LogP contribution in [0.5, 0.6) is 0 Å². The number of hydrogen-bond acceptors (Lipinski definition) is 2. The maximum atomic E-state index is 4.39. The number of aromatic nitrogens is 2. The Balaban J connectivity index is 2.35. The minimum Gasteiger partial charge on any atom is -0.310 e. The fourth-order valence-corrected chi connectivity index (χ4v) is 1.40. The van der Waals surface area contributed by atoms with E-state index in [9.17, 15) is 0 Å². The van der Waals surface area contributed by atoms with Crippen LogP contribution in [0.25, 0.3) is 0 Å². The SMILES string of the molecule is CC#CCCNCc1cc(CC)nn1C. The highest BCUT2D eigenvalue weighted by Gasteiger charge is 2.02. The van der Waals surface area contributed by atoms with E-state index in [0.29, 0.717) is 0 Å². The van der Waals surface area contributed by atoms with Gasteiger partial charge in [-0.3, -0.25) is 4.68 Å². The maximum absolute atomic E-state index is 4.39. The molecule has 1 heterocycles. The van der Waals surface area contributed by atoms with E-state index in [0.717, 1.165) is 31.6 Å². The first-order chi connectivity index (χ1) is 7.27. The number of rotatable bonds is 5. The molecule has 1 aromatic heterocycles. The van der Waals surface area contributed by atoms with Crippen molar-refractivity contribution in [2.24, 2.45) is 7.05 Å². The predicted octanol–water partition coefficient (Wildman–Crippen LogP) is 1.49. The van der Waals surface area contributed by atoms with Crippen molar-refractivity contribution in [1.29, 1.82) is 0 Å². The van der Waals surface area contributed by atoms with Crippen molar-refractivity contribution >= 4 is 0 Å². The Labute approximate surface area is 91.9 Å². The molecule has 0 fully saturated rings. The van der Waals surface area contributed by atoms with Crippen LogP contribution in [-0.2, 0) is 20.0 Å². The molecule has 1 aromatic rings. The molecule has 0 spiro atoms. The molecule has 3 heteroatoms. The quantitative estimate of drug-likeness (QED) is 0.583. The topological polar surface area (TPSA) is 29.9 Å². The highest BCUT2D eigenvalue weighted by Crippen LogP contribution is 2.02. The molecule has 15 heavy (non-hydrogen) atoms. The lowest BCUT2D eigenvalue weighted by molar-refractivity contribution is 0.629. The van der Waals surface area contributed by atoms with Gasteiger partial charge >= 0.3 is 0 Å². The van der Waals surface area contributed by atoms with E-state index in [2.05, 4.69) is 35.2 Å². The van der Waals surface area contributed by atoms with Gasteiger partial charge in [-0.05, 0) is 19.4 Å². The third-order valence-corrected chi connectivity index (χ3v) is 2.30. The summed E-state index contributed by atoms with van der Waals surface area (Å²) in [5, 5.41) is 7.74. The van der Waals surface area contributed by atoms with Gasteiger partial charge in [0.15, 0.2) is 0 Å². The molecule has 0 aliphatic rings. The van der Waals surface area contributed by atoms with Gasteiger partial charge in [0.05, 0.1) is 11.4 Å². The molecular weight excluding hydrogens is 186 g/mol. The van der Waals surface area contributed by atoms with E-state index >= 15 is 0 Å². The van der Waals surface area contributed by atoms with Crippen LogP contribution >= 0.6 is 0 Å². The van der Waals surface area contributed by atoms with Gasteiger partial charge in [-0.15, -0.1) is 11.8 Å². The molecular formula is C12H19N3. The average Bonchev–Trinajstić information content (AvgIpc) is 2.59. The van der Waals surface area contributed by atoms with Crippen molar-refractivity contribution in [3.8, 4) is 11.8 Å². The van der Waals surface area contributed by atoms with Crippen molar-refractivity contribution in [3.05, 3.63) is 17.5 Å². The van der Waals surface area contributed by atoms with Gasteiger partial charge in [-0.2, -0.15) is 5.10 Å². The molecule has 1 N–H and O–H groups in total. The van der Waals surface area contributed by atoms with Crippen LogP contribution in [-0.4, -0.2) is 16.3 Å². The fraction of sp³-hybridized carbons (Fsp3) is 0.583. The van der Waals surface area contributed by atoms with Gasteiger partial charge in [0, 0.05) is 26.6 Å². The van der Waals surface area contributed by atoms with E-state index in [4.69, 9.17) is 0 Å². The summed E-state index contributed by atoms with van der Waals surface area (Å²) in [6.45, 7) is 5.80. The third-order valence-electron chi connectivity index (χ3n) is 2.30. The van der Waals surface area contributed by atoms with Gasteiger partial charge in [-0.25, -0.2) is 0 Å². The van der Waals surface area contributed by atoms with E-state index in [1.54, 1.807) is 0 Å². The summed E-state index contributed by atoms with van der Waals surface area (Å²) in [7, 11) is 1.99. The minimum atomic E-state index is 0.870. The Morgan fingerprint density at radius 2 is 2.33 bits per heavy atom. The van der Waals surface area contributed by atoms with Crippen LogP contribution in [0.15, 0.2) is 6.07 Å². The molecule has 0 amide bonds. The normalized spacial score (nSPS) is 9.80. The molecule has 0 unspecified atom stereocenters. The van der Waals surface area contributed by atoms with Gasteiger partial charge in [0.25, 0.3) is 0 Å². The average molecular weight is 205 g/mol. The fourth-order valence-electron chi connectivity index (χ4n) is 1.40. The van der Waals surface area contributed by atoms with Crippen molar-refractivity contribution < 1.29 is 0 Å². The number of hydrogen-bond donors (Lipinski definition) is 1. The second-order valence-corrected chi connectivity index (χ2v) is 3.46. The molecule has 0 radical (unpaired) electrons. The first-order valence-electron chi connectivity index (χ1n) is 5.40. The molecule has 0 aliphatic heterocycles. The van der Waals surface area contributed by atoms with E-state index in [1.165, 1.54) is 5.69 Å². The highest BCUT2D eigenvalue weighted by molar-refractivity contribution is 5.09. The van der Waals surface area contributed by atoms with E-state index < -0.39 is 0 Å². The van der Waals surface area contributed by atoms with Gasteiger partial charge in [-0.1, -0.05) is 6.92 Å². The summed E-state index contributed by atoms with van der Waals surface area (Å²) in [6, 6.07) is 2.15. The highest BCUT2D eigenvalue weighted by atomic mass is 15.3. The second kappa shape index (κ2) is 6.26. The van der Waals surface area contributed by atoms with Crippen LogP contribution < -0.4 is 5.32 Å². The third kappa shape index (κ3) is 3.77. The molecule has 0 aliphatic carbocycles. The summed E-state index contributed by atoms with van der Waals surface area (Å²) in [5.41, 5.74) is 2.39. The van der Waals surface area contributed by atoms with Gasteiger partial charge < -0.3 is 5.32 Å². The van der Waals surface area contributed by atoms with Crippen LogP contribution in [0.3, 0.4) is 0 Å².